The van der Waals surface area contributed by atoms with E-state index in [0.29, 0.717) is 12.0 Å². The fourth-order valence-corrected chi connectivity index (χ4v) is 1.54. The number of carbonyl (C=O) groups excluding carboxylic acids is 1. The molecule has 0 fully saturated rings. The first kappa shape index (κ1) is 12.6. The van der Waals surface area contributed by atoms with Gasteiger partial charge in [0.2, 0.25) is 0 Å². The minimum atomic E-state index is -0.800. The SMILES string of the molecule is CCc1ccc(C#N)c([N+](=O)[O-])c1C(=O)OC. The third-order valence-electron chi connectivity index (χ3n) is 2.34. The maximum Gasteiger partial charge on any atom is 0.345 e. The molecule has 0 unspecified atom stereocenters. The number of methoxy groups -OCH3 is 1. The predicted molar refractivity (Wildman–Crippen MR) is 58.5 cm³/mol. The first-order chi connectivity index (χ1) is 8.06. The number of rotatable bonds is 3. The molecule has 1 aromatic rings. The summed E-state index contributed by atoms with van der Waals surface area (Å²) in [7, 11) is 1.14. The molecule has 0 saturated carbocycles. The molecule has 0 spiro atoms. The number of nitro benzene ring substituents is 1. The fourth-order valence-electron chi connectivity index (χ4n) is 1.54. The number of carbonyl (C=O) groups is 1. The summed E-state index contributed by atoms with van der Waals surface area (Å²) in [6.45, 7) is 1.76. The van der Waals surface area contributed by atoms with Gasteiger partial charge in [-0.3, -0.25) is 10.1 Å². The summed E-state index contributed by atoms with van der Waals surface area (Å²) in [4.78, 5) is 21.8. The van der Waals surface area contributed by atoms with Crippen LogP contribution in [0.15, 0.2) is 12.1 Å². The van der Waals surface area contributed by atoms with Crippen molar-refractivity contribution in [3.63, 3.8) is 0 Å². The number of esters is 1. The fraction of sp³-hybridized carbons (Fsp3) is 0.273. The number of ether oxygens (including phenoxy) is 1. The van der Waals surface area contributed by atoms with Gasteiger partial charge in [-0.05, 0) is 18.1 Å². The van der Waals surface area contributed by atoms with Crippen molar-refractivity contribution >= 4 is 11.7 Å². The number of aryl methyl sites for hydroxylation is 1. The van der Waals surface area contributed by atoms with E-state index in [1.54, 1.807) is 13.0 Å². The summed E-state index contributed by atoms with van der Waals surface area (Å²) in [5.74, 6) is -0.800. The summed E-state index contributed by atoms with van der Waals surface area (Å²) < 4.78 is 4.52. The third kappa shape index (κ3) is 2.23. The summed E-state index contributed by atoms with van der Waals surface area (Å²) in [5, 5.41) is 19.7. The highest BCUT2D eigenvalue weighted by Crippen LogP contribution is 2.27. The van der Waals surface area contributed by atoms with Crippen LogP contribution in [0.3, 0.4) is 0 Å². The van der Waals surface area contributed by atoms with E-state index in [1.165, 1.54) is 12.1 Å². The van der Waals surface area contributed by atoms with Gasteiger partial charge < -0.3 is 4.74 Å². The quantitative estimate of drug-likeness (QED) is 0.451. The number of benzene rings is 1. The molecule has 0 saturated heterocycles. The number of hydrogen-bond donors (Lipinski definition) is 0. The van der Waals surface area contributed by atoms with Gasteiger partial charge in [-0.15, -0.1) is 0 Å². The Bertz CT molecular complexity index is 517. The molecule has 88 valence electrons. The lowest BCUT2D eigenvalue weighted by atomic mass is 9.99. The van der Waals surface area contributed by atoms with Crippen molar-refractivity contribution in [2.24, 2.45) is 0 Å². The van der Waals surface area contributed by atoms with Crippen molar-refractivity contribution in [3.05, 3.63) is 38.9 Å². The molecular formula is C11H10N2O4. The molecule has 1 aromatic carbocycles. The Morgan fingerprint density at radius 3 is 2.65 bits per heavy atom. The minimum absolute atomic E-state index is 0.140. The monoisotopic (exact) mass is 234 g/mol. The van der Waals surface area contributed by atoms with Gasteiger partial charge in [0.15, 0.2) is 0 Å². The normalized spacial score (nSPS) is 9.47. The minimum Gasteiger partial charge on any atom is -0.465 e. The second kappa shape index (κ2) is 5.07. The van der Waals surface area contributed by atoms with E-state index >= 15 is 0 Å². The average Bonchev–Trinajstić information content (AvgIpc) is 2.35. The van der Waals surface area contributed by atoms with Gasteiger partial charge in [0.05, 0.1) is 12.0 Å². The Balaban J connectivity index is 3.65. The van der Waals surface area contributed by atoms with E-state index in [-0.39, 0.29) is 11.1 Å². The molecule has 1 rings (SSSR count). The van der Waals surface area contributed by atoms with Gasteiger partial charge in [-0.25, -0.2) is 4.79 Å². The van der Waals surface area contributed by atoms with Crippen LogP contribution in [0.2, 0.25) is 0 Å². The van der Waals surface area contributed by atoms with Crippen LogP contribution in [0, 0.1) is 21.4 Å². The second-order valence-electron chi connectivity index (χ2n) is 3.21. The first-order valence-corrected chi connectivity index (χ1v) is 4.85. The zero-order valence-electron chi connectivity index (χ0n) is 9.39. The van der Waals surface area contributed by atoms with Crippen LogP contribution >= 0.6 is 0 Å². The van der Waals surface area contributed by atoms with Crippen LogP contribution in [0.4, 0.5) is 5.69 Å². The molecular weight excluding hydrogens is 224 g/mol. The standard InChI is InChI=1S/C11H10N2O4/c1-3-7-4-5-8(6-12)10(13(15)16)9(7)11(14)17-2/h4-5H,3H2,1-2H3. The van der Waals surface area contributed by atoms with Crippen molar-refractivity contribution in [2.75, 3.05) is 7.11 Å². The lowest BCUT2D eigenvalue weighted by Gasteiger charge is -2.07. The van der Waals surface area contributed by atoms with Gasteiger partial charge in [0, 0.05) is 0 Å². The van der Waals surface area contributed by atoms with Gasteiger partial charge >= 0.3 is 11.7 Å². The first-order valence-electron chi connectivity index (χ1n) is 4.85. The van der Waals surface area contributed by atoms with E-state index in [9.17, 15) is 14.9 Å². The van der Waals surface area contributed by atoms with E-state index in [2.05, 4.69) is 4.74 Å². The Kier molecular flexibility index (Phi) is 3.78. The van der Waals surface area contributed by atoms with Crippen LogP contribution in [0.5, 0.6) is 0 Å². The topological polar surface area (TPSA) is 93.2 Å². The summed E-state index contributed by atoms with van der Waals surface area (Å²) in [6, 6.07) is 4.56. The molecule has 0 amide bonds. The maximum atomic E-state index is 11.6. The van der Waals surface area contributed by atoms with Gasteiger partial charge in [-0.2, -0.15) is 5.26 Å². The molecule has 0 atom stereocenters. The number of nitro groups is 1. The van der Waals surface area contributed by atoms with Crippen molar-refractivity contribution in [1.82, 2.24) is 0 Å². The molecule has 0 heterocycles. The maximum absolute atomic E-state index is 11.6. The van der Waals surface area contributed by atoms with Gasteiger partial charge in [0.1, 0.15) is 17.2 Å². The highest BCUT2D eigenvalue weighted by atomic mass is 16.6. The Labute approximate surface area is 97.6 Å². The molecule has 0 aliphatic heterocycles. The molecule has 0 aliphatic carbocycles. The highest BCUT2D eigenvalue weighted by molar-refractivity contribution is 5.96. The highest BCUT2D eigenvalue weighted by Gasteiger charge is 2.28. The van der Waals surface area contributed by atoms with E-state index in [4.69, 9.17) is 5.26 Å². The Morgan fingerprint density at radius 2 is 2.24 bits per heavy atom. The molecule has 0 N–H and O–H groups in total. The summed E-state index contributed by atoms with van der Waals surface area (Å²) >= 11 is 0. The predicted octanol–water partition coefficient (Wildman–Crippen LogP) is 1.82. The zero-order valence-corrected chi connectivity index (χ0v) is 9.39. The van der Waals surface area contributed by atoms with Crippen LogP contribution < -0.4 is 0 Å². The second-order valence-corrected chi connectivity index (χ2v) is 3.21. The van der Waals surface area contributed by atoms with Crippen molar-refractivity contribution in [3.8, 4) is 6.07 Å². The molecule has 0 radical (unpaired) electrons. The lowest BCUT2D eigenvalue weighted by molar-refractivity contribution is -0.385. The lowest BCUT2D eigenvalue weighted by Crippen LogP contribution is -2.10. The molecule has 6 heteroatoms. The van der Waals surface area contributed by atoms with Crippen LogP contribution in [-0.2, 0) is 11.2 Å². The Morgan fingerprint density at radius 1 is 1.59 bits per heavy atom. The smallest absolute Gasteiger partial charge is 0.345 e. The van der Waals surface area contributed by atoms with Crippen LogP contribution in [0.25, 0.3) is 0 Å². The molecule has 0 aliphatic rings. The van der Waals surface area contributed by atoms with Crippen molar-refractivity contribution in [2.45, 2.75) is 13.3 Å². The number of nitrogens with zero attached hydrogens (tertiary/aromatic N) is 2. The zero-order chi connectivity index (χ0) is 13.0. The molecule has 17 heavy (non-hydrogen) atoms. The van der Waals surface area contributed by atoms with Gasteiger partial charge in [0.25, 0.3) is 0 Å². The average molecular weight is 234 g/mol. The molecule has 0 aromatic heterocycles. The number of hydrogen-bond acceptors (Lipinski definition) is 5. The van der Waals surface area contributed by atoms with Crippen molar-refractivity contribution < 1.29 is 14.5 Å². The molecule has 6 nitrogen and oxygen atoms in total. The summed E-state index contributed by atoms with van der Waals surface area (Å²) in [5.41, 5.74) is -0.284. The van der Waals surface area contributed by atoms with E-state index in [0.717, 1.165) is 7.11 Å². The van der Waals surface area contributed by atoms with E-state index in [1.807, 2.05) is 0 Å². The van der Waals surface area contributed by atoms with E-state index < -0.39 is 16.6 Å². The molecule has 0 bridgehead atoms. The summed E-state index contributed by atoms with van der Waals surface area (Å²) in [6.07, 6.45) is 0.441. The van der Waals surface area contributed by atoms with Crippen molar-refractivity contribution in [1.29, 1.82) is 5.26 Å². The van der Waals surface area contributed by atoms with Crippen LogP contribution in [-0.4, -0.2) is 18.0 Å². The number of nitriles is 1. The van der Waals surface area contributed by atoms with Gasteiger partial charge in [-0.1, -0.05) is 13.0 Å². The largest absolute Gasteiger partial charge is 0.465 e. The third-order valence-corrected chi connectivity index (χ3v) is 2.34. The van der Waals surface area contributed by atoms with Crippen LogP contribution in [0.1, 0.15) is 28.4 Å². The Hall–Kier alpha value is -2.42.